The summed E-state index contributed by atoms with van der Waals surface area (Å²) in [4.78, 5) is 10.6. The van der Waals surface area contributed by atoms with Crippen molar-refractivity contribution in [1.82, 2.24) is 4.72 Å². The van der Waals surface area contributed by atoms with E-state index < -0.39 is 16.3 Å². The number of halogens is 1. The van der Waals surface area contributed by atoms with Crippen molar-refractivity contribution in [3.05, 3.63) is 27.8 Å². The molecule has 0 amide bonds. The van der Waals surface area contributed by atoms with E-state index in [0.717, 1.165) is 3.57 Å². The fourth-order valence-electron chi connectivity index (χ4n) is 1.52. The van der Waals surface area contributed by atoms with E-state index in [0.29, 0.717) is 12.0 Å². The molecule has 1 N–H and O–H groups in total. The summed E-state index contributed by atoms with van der Waals surface area (Å²) in [6.45, 7) is 0.145. The monoisotopic (exact) mass is 352 g/mol. The third-order valence-electron chi connectivity index (χ3n) is 2.21. The highest BCUT2D eigenvalue weighted by Gasteiger charge is 2.35. The van der Waals surface area contributed by atoms with Crippen molar-refractivity contribution in [1.29, 1.82) is 0 Å². The smallest absolute Gasteiger partial charge is 0.302 e. The van der Waals surface area contributed by atoms with Gasteiger partial charge in [0.05, 0.1) is 18.3 Å². The fraction of sp³-hybridized carbons (Fsp3) is 0.222. The van der Waals surface area contributed by atoms with Crippen LogP contribution in [-0.2, 0) is 15.0 Å². The zero-order chi connectivity index (χ0) is 11.8. The molecule has 1 aromatic rings. The molecule has 0 aliphatic carbocycles. The third kappa shape index (κ3) is 2.20. The number of hydrogen-bond acceptors (Lipinski definition) is 3. The molecule has 0 radical (unpaired) electrons. The average molecular weight is 352 g/mol. The Kier molecular flexibility index (Phi) is 3.17. The molecule has 1 atom stereocenters. The van der Waals surface area contributed by atoms with Gasteiger partial charge in [0.1, 0.15) is 6.29 Å². The highest BCUT2D eigenvalue weighted by Crippen LogP contribution is 2.23. The average Bonchev–Trinajstić information content (AvgIpc) is 2.53. The Morgan fingerprint density at radius 2 is 2.25 bits per heavy atom. The van der Waals surface area contributed by atoms with Crippen LogP contribution in [0.4, 0.5) is 5.69 Å². The minimum atomic E-state index is -3.57. The van der Waals surface area contributed by atoms with Gasteiger partial charge in [0.2, 0.25) is 0 Å². The maximum atomic E-state index is 11.7. The van der Waals surface area contributed by atoms with Crippen molar-refractivity contribution in [2.45, 2.75) is 6.04 Å². The van der Waals surface area contributed by atoms with Crippen LogP contribution >= 0.6 is 22.6 Å². The molecule has 2 rings (SSSR count). The third-order valence-corrected chi connectivity index (χ3v) is 4.43. The van der Waals surface area contributed by atoms with Gasteiger partial charge in [-0.15, -0.1) is 0 Å². The second-order valence-electron chi connectivity index (χ2n) is 3.38. The molecule has 0 saturated carbocycles. The highest BCUT2D eigenvalue weighted by atomic mass is 127. The molecule has 0 bridgehead atoms. The molecule has 0 spiro atoms. The maximum Gasteiger partial charge on any atom is 0.302 e. The van der Waals surface area contributed by atoms with E-state index in [1.807, 2.05) is 6.07 Å². The Bertz CT molecular complexity index is 517. The first-order valence-electron chi connectivity index (χ1n) is 4.54. The van der Waals surface area contributed by atoms with Crippen molar-refractivity contribution < 1.29 is 13.2 Å². The van der Waals surface area contributed by atoms with Crippen molar-refractivity contribution in [2.75, 3.05) is 10.8 Å². The van der Waals surface area contributed by atoms with E-state index >= 15 is 0 Å². The van der Waals surface area contributed by atoms with Crippen molar-refractivity contribution in [2.24, 2.45) is 0 Å². The van der Waals surface area contributed by atoms with Gasteiger partial charge in [0.25, 0.3) is 0 Å². The molecule has 5 nitrogen and oxygen atoms in total. The molecular weight excluding hydrogens is 343 g/mol. The molecule has 0 aromatic heterocycles. The second kappa shape index (κ2) is 4.30. The van der Waals surface area contributed by atoms with Crippen LogP contribution in [0.3, 0.4) is 0 Å². The summed E-state index contributed by atoms with van der Waals surface area (Å²) >= 11 is 2.11. The van der Waals surface area contributed by atoms with E-state index in [1.54, 1.807) is 18.2 Å². The number of rotatable bonds is 2. The predicted octanol–water partition coefficient (Wildman–Crippen LogP) is 0.513. The largest absolute Gasteiger partial charge is 0.302 e. The molecule has 1 aliphatic rings. The number of anilines is 1. The van der Waals surface area contributed by atoms with Gasteiger partial charge >= 0.3 is 10.2 Å². The number of nitrogens with zero attached hydrogens (tertiary/aromatic N) is 1. The number of carbonyl (C=O) groups excluding carboxylic acids is 1. The molecule has 1 unspecified atom stereocenters. The first-order valence-corrected chi connectivity index (χ1v) is 7.05. The fourth-order valence-corrected chi connectivity index (χ4v) is 3.43. The van der Waals surface area contributed by atoms with Gasteiger partial charge in [-0.05, 0) is 40.8 Å². The van der Waals surface area contributed by atoms with Crippen molar-refractivity contribution in [3.63, 3.8) is 0 Å². The summed E-state index contributed by atoms with van der Waals surface area (Å²) in [7, 11) is -3.57. The van der Waals surface area contributed by atoms with Crippen LogP contribution in [0.1, 0.15) is 0 Å². The van der Waals surface area contributed by atoms with Gasteiger partial charge in [-0.2, -0.15) is 13.1 Å². The number of carbonyl (C=O) groups is 1. The summed E-state index contributed by atoms with van der Waals surface area (Å²) in [5.74, 6) is 0. The second-order valence-corrected chi connectivity index (χ2v) is 6.25. The quantitative estimate of drug-likeness (QED) is 0.623. The highest BCUT2D eigenvalue weighted by molar-refractivity contribution is 14.1. The minimum absolute atomic E-state index is 0.145. The molecule has 1 saturated heterocycles. The van der Waals surface area contributed by atoms with Crippen molar-refractivity contribution >= 4 is 44.8 Å². The zero-order valence-corrected chi connectivity index (χ0v) is 11.1. The summed E-state index contributed by atoms with van der Waals surface area (Å²) in [6, 6.07) is 6.45. The van der Waals surface area contributed by atoms with E-state index in [1.165, 1.54) is 4.31 Å². The first kappa shape index (κ1) is 11.8. The summed E-state index contributed by atoms with van der Waals surface area (Å²) in [5.41, 5.74) is 0.573. The molecule has 1 heterocycles. The Morgan fingerprint density at radius 1 is 1.50 bits per heavy atom. The number of aldehydes is 1. The van der Waals surface area contributed by atoms with Crippen LogP contribution in [-0.4, -0.2) is 27.3 Å². The van der Waals surface area contributed by atoms with Gasteiger partial charge in [-0.25, -0.2) is 0 Å². The molecule has 86 valence electrons. The van der Waals surface area contributed by atoms with Gasteiger partial charge in [0, 0.05) is 3.57 Å². The van der Waals surface area contributed by atoms with E-state index in [-0.39, 0.29) is 6.54 Å². The lowest BCUT2D eigenvalue weighted by Crippen LogP contribution is -2.30. The molecular formula is C9H9IN2O3S. The Morgan fingerprint density at radius 3 is 2.81 bits per heavy atom. The van der Waals surface area contributed by atoms with Gasteiger partial charge in [0.15, 0.2) is 0 Å². The van der Waals surface area contributed by atoms with E-state index in [2.05, 4.69) is 27.3 Å². The maximum absolute atomic E-state index is 11.7. The minimum Gasteiger partial charge on any atom is -0.302 e. The predicted molar refractivity (Wildman–Crippen MR) is 68.4 cm³/mol. The van der Waals surface area contributed by atoms with Gasteiger partial charge in [-0.1, -0.05) is 6.07 Å². The number of nitrogens with one attached hydrogen (secondary N) is 1. The molecule has 7 heteroatoms. The van der Waals surface area contributed by atoms with Crippen LogP contribution in [0.2, 0.25) is 0 Å². The van der Waals surface area contributed by atoms with Gasteiger partial charge < -0.3 is 4.79 Å². The molecule has 1 aliphatic heterocycles. The van der Waals surface area contributed by atoms with Crippen LogP contribution in [0.25, 0.3) is 0 Å². The van der Waals surface area contributed by atoms with Crippen LogP contribution in [0.15, 0.2) is 24.3 Å². The first-order chi connectivity index (χ1) is 7.53. The lowest BCUT2D eigenvalue weighted by molar-refractivity contribution is -0.108. The SMILES string of the molecule is O=CC1CN(c2cccc(I)c2)S(=O)(=O)N1. The molecule has 1 fully saturated rings. The van der Waals surface area contributed by atoms with Crippen molar-refractivity contribution in [3.8, 4) is 0 Å². The molecule has 16 heavy (non-hydrogen) atoms. The van der Waals surface area contributed by atoms with Crippen LogP contribution in [0, 0.1) is 3.57 Å². The van der Waals surface area contributed by atoms with E-state index in [9.17, 15) is 13.2 Å². The summed E-state index contributed by atoms with van der Waals surface area (Å²) in [5, 5.41) is 0. The Hall–Kier alpha value is -0.670. The Balaban J connectivity index is 2.38. The van der Waals surface area contributed by atoms with Crippen LogP contribution in [0.5, 0.6) is 0 Å². The van der Waals surface area contributed by atoms with Crippen LogP contribution < -0.4 is 9.03 Å². The summed E-state index contributed by atoms with van der Waals surface area (Å²) < 4.78 is 27.8. The molecule has 1 aromatic carbocycles. The standard InChI is InChI=1S/C9H9IN2O3S/c10-7-2-1-3-9(4-7)12-5-8(6-13)11-16(12,14)15/h1-4,6,8,11H,5H2. The lowest BCUT2D eigenvalue weighted by Gasteiger charge is -2.15. The van der Waals surface area contributed by atoms with Gasteiger partial charge in [-0.3, -0.25) is 4.31 Å². The van der Waals surface area contributed by atoms with E-state index in [4.69, 9.17) is 0 Å². The number of benzene rings is 1. The lowest BCUT2D eigenvalue weighted by atomic mass is 10.3. The Labute approximate surface area is 107 Å². The summed E-state index contributed by atoms with van der Waals surface area (Å²) in [6.07, 6.45) is 0.603. The topological polar surface area (TPSA) is 66.5 Å². The number of hydrogen-bond donors (Lipinski definition) is 1. The normalized spacial score (nSPS) is 23.3. The zero-order valence-electron chi connectivity index (χ0n) is 8.13.